The highest BCUT2D eigenvalue weighted by molar-refractivity contribution is 6.30. The van der Waals surface area contributed by atoms with E-state index < -0.39 is 17.8 Å². The van der Waals surface area contributed by atoms with Gasteiger partial charge in [-0.05, 0) is 35.9 Å². The van der Waals surface area contributed by atoms with E-state index >= 15 is 0 Å². The van der Waals surface area contributed by atoms with E-state index in [9.17, 15) is 18.3 Å². The highest BCUT2D eigenvalue weighted by atomic mass is 35.5. The number of anilines is 1. The Hall–Kier alpha value is -1.76. The lowest BCUT2D eigenvalue weighted by molar-refractivity contribution is -0.137. The summed E-state index contributed by atoms with van der Waals surface area (Å²) in [4.78, 5) is 4.05. The van der Waals surface area contributed by atoms with Gasteiger partial charge in [-0.25, -0.2) is 0 Å². The largest absolute Gasteiger partial charge is 0.416 e. The van der Waals surface area contributed by atoms with Gasteiger partial charge in [0.25, 0.3) is 0 Å². The molecular formula is C19H20ClF3N2O. The molecule has 1 atom stereocenters. The molecule has 1 aliphatic heterocycles. The highest BCUT2D eigenvalue weighted by Crippen LogP contribution is 2.32. The third-order valence-electron chi connectivity index (χ3n) is 4.58. The molecule has 0 spiro atoms. The van der Waals surface area contributed by atoms with E-state index in [4.69, 9.17) is 11.6 Å². The molecule has 0 aromatic heterocycles. The normalized spacial score (nSPS) is 17.3. The SMILES string of the molecule is O[C@H](CN1CCN(c2cccc(C(F)(F)F)c2)CC1)c1cccc(Cl)c1. The molecule has 0 unspecified atom stereocenters. The molecule has 1 heterocycles. The number of β-amino-alcohol motifs (C(OH)–C–C–N with tert-alkyl or cyclic N) is 1. The Labute approximate surface area is 155 Å². The molecule has 3 nitrogen and oxygen atoms in total. The van der Waals surface area contributed by atoms with Crippen molar-refractivity contribution in [2.75, 3.05) is 37.6 Å². The van der Waals surface area contributed by atoms with Crippen LogP contribution >= 0.6 is 11.6 Å². The van der Waals surface area contributed by atoms with Crippen molar-refractivity contribution in [2.24, 2.45) is 0 Å². The van der Waals surface area contributed by atoms with Gasteiger partial charge in [-0.3, -0.25) is 4.90 Å². The molecule has 0 amide bonds. The van der Waals surface area contributed by atoms with Crippen molar-refractivity contribution in [3.05, 3.63) is 64.7 Å². The van der Waals surface area contributed by atoms with Gasteiger partial charge in [-0.15, -0.1) is 0 Å². The van der Waals surface area contributed by atoms with Crippen LogP contribution in [0, 0.1) is 0 Å². The minimum atomic E-state index is -4.33. The van der Waals surface area contributed by atoms with Crippen LogP contribution in [0.4, 0.5) is 18.9 Å². The fraction of sp³-hybridized carbons (Fsp3) is 0.368. The number of nitrogens with zero attached hydrogens (tertiary/aromatic N) is 2. The van der Waals surface area contributed by atoms with Crippen molar-refractivity contribution in [3.63, 3.8) is 0 Å². The van der Waals surface area contributed by atoms with E-state index in [1.165, 1.54) is 12.1 Å². The van der Waals surface area contributed by atoms with Crippen molar-refractivity contribution in [3.8, 4) is 0 Å². The summed E-state index contributed by atoms with van der Waals surface area (Å²) in [5, 5.41) is 10.9. The van der Waals surface area contributed by atoms with Gasteiger partial charge < -0.3 is 10.0 Å². The van der Waals surface area contributed by atoms with E-state index in [0.717, 1.165) is 11.6 Å². The molecule has 1 saturated heterocycles. The minimum absolute atomic E-state index is 0.469. The van der Waals surface area contributed by atoms with Crippen LogP contribution in [0.15, 0.2) is 48.5 Å². The number of piperazine rings is 1. The van der Waals surface area contributed by atoms with Gasteiger partial charge >= 0.3 is 6.18 Å². The van der Waals surface area contributed by atoms with Crippen LogP contribution in [-0.2, 0) is 6.18 Å². The van der Waals surface area contributed by atoms with Crippen molar-refractivity contribution < 1.29 is 18.3 Å². The molecule has 0 aliphatic carbocycles. The topological polar surface area (TPSA) is 26.7 Å². The lowest BCUT2D eigenvalue weighted by Gasteiger charge is -2.37. The van der Waals surface area contributed by atoms with Gasteiger partial charge in [0.1, 0.15) is 0 Å². The molecule has 140 valence electrons. The molecule has 3 rings (SSSR count). The number of aliphatic hydroxyl groups excluding tert-OH is 1. The summed E-state index contributed by atoms with van der Waals surface area (Å²) < 4.78 is 38.6. The number of benzene rings is 2. The zero-order valence-corrected chi connectivity index (χ0v) is 14.8. The molecule has 2 aromatic carbocycles. The van der Waals surface area contributed by atoms with Crippen LogP contribution in [0.25, 0.3) is 0 Å². The van der Waals surface area contributed by atoms with Crippen molar-refractivity contribution in [1.29, 1.82) is 0 Å². The summed E-state index contributed by atoms with van der Waals surface area (Å²) in [5.41, 5.74) is 0.710. The molecule has 0 bridgehead atoms. The summed E-state index contributed by atoms with van der Waals surface area (Å²) in [6, 6.07) is 12.5. The summed E-state index contributed by atoms with van der Waals surface area (Å²) in [5.74, 6) is 0. The fourth-order valence-electron chi connectivity index (χ4n) is 3.13. The Morgan fingerprint density at radius 1 is 1.00 bits per heavy atom. The van der Waals surface area contributed by atoms with E-state index in [1.807, 2.05) is 11.0 Å². The van der Waals surface area contributed by atoms with Gasteiger partial charge in [0.05, 0.1) is 11.7 Å². The van der Waals surface area contributed by atoms with Gasteiger partial charge in [0.2, 0.25) is 0 Å². The van der Waals surface area contributed by atoms with E-state index in [2.05, 4.69) is 4.90 Å². The number of hydrogen-bond acceptors (Lipinski definition) is 3. The Kier molecular flexibility index (Phi) is 5.75. The number of aliphatic hydroxyl groups is 1. The maximum atomic E-state index is 12.9. The fourth-order valence-corrected chi connectivity index (χ4v) is 3.33. The average molecular weight is 385 g/mol. The van der Waals surface area contributed by atoms with Gasteiger partial charge in [0, 0.05) is 43.4 Å². The van der Waals surface area contributed by atoms with Crippen molar-refractivity contribution >= 4 is 17.3 Å². The molecule has 0 saturated carbocycles. The van der Waals surface area contributed by atoms with Gasteiger partial charge in [0.15, 0.2) is 0 Å². The molecule has 2 aromatic rings. The summed E-state index contributed by atoms with van der Waals surface area (Å²) >= 11 is 5.95. The molecular weight excluding hydrogens is 365 g/mol. The molecule has 26 heavy (non-hydrogen) atoms. The average Bonchev–Trinajstić information content (AvgIpc) is 2.62. The highest BCUT2D eigenvalue weighted by Gasteiger charge is 2.31. The maximum Gasteiger partial charge on any atom is 0.416 e. The zero-order chi connectivity index (χ0) is 18.7. The Morgan fingerprint density at radius 2 is 1.69 bits per heavy atom. The van der Waals surface area contributed by atoms with Gasteiger partial charge in [-0.1, -0.05) is 29.8 Å². The predicted molar refractivity (Wildman–Crippen MR) is 96.5 cm³/mol. The van der Waals surface area contributed by atoms with E-state index in [-0.39, 0.29) is 0 Å². The number of rotatable bonds is 4. The minimum Gasteiger partial charge on any atom is -0.387 e. The number of halogens is 4. The van der Waals surface area contributed by atoms with E-state index in [1.54, 1.807) is 24.3 Å². The predicted octanol–water partition coefficient (Wildman–Crippen LogP) is 4.21. The van der Waals surface area contributed by atoms with Crippen LogP contribution in [0.3, 0.4) is 0 Å². The van der Waals surface area contributed by atoms with E-state index in [0.29, 0.717) is 43.4 Å². The lowest BCUT2D eigenvalue weighted by Crippen LogP contribution is -2.47. The first-order valence-corrected chi connectivity index (χ1v) is 8.79. The lowest BCUT2D eigenvalue weighted by atomic mass is 10.1. The number of alkyl halides is 3. The smallest absolute Gasteiger partial charge is 0.387 e. The second-order valence-corrected chi connectivity index (χ2v) is 6.84. The second-order valence-electron chi connectivity index (χ2n) is 6.41. The molecule has 0 radical (unpaired) electrons. The third kappa shape index (κ3) is 4.69. The van der Waals surface area contributed by atoms with Crippen LogP contribution < -0.4 is 4.90 Å². The molecule has 1 fully saturated rings. The first-order valence-electron chi connectivity index (χ1n) is 8.41. The number of hydrogen-bond donors (Lipinski definition) is 1. The van der Waals surface area contributed by atoms with Crippen LogP contribution in [-0.4, -0.2) is 42.7 Å². The second kappa shape index (κ2) is 7.86. The van der Waals surface area contributed by atoms with Crippen molar-refractivity contribution in [2.45, 2.75) is 12.3 Å². The van der Waals surface area contributed by atoms with Gasteiger partial charge in [-0.2, -0.15) is 13.2 Å². The molecule has 1 aliphatic rings. The Morgan fingerprint density at radius 3 is 2.35 bits per heavy atom. The Bertz CT molecular complexity index is 746. The molecule has 7 heteroatoms. The van der Waals surface area contributed by atoms with Crippen LogP contribution in [0.1, 0.15) is 17.2 Å². The van der Waals surface area contributed by atoms with Crippen LogP contribution in [0.5, 0.6) is 0 Å². The summed E-state index contributed by atoms with van der Waals surface area (Å²) in [7, 11) is 0. The first-order chi connectivity index (χ1) is 12.3. The first kappa shape index (κ1) is 19.0. The third-order valence-corrected chi connectivity index (χ3v) is 4.81. The quantitative estimate of drug-likeness (QED) is 0.855. The van der Waals surface area contributed by atoms with Crippen molar-refractivity contribution in [1.82, 2.24) is 4.90 Å². The maximum absolute atomic E-state index is 12.9. The summed E-state index contributed by atoms with van der Waals surface area (Å²) in [6.07, 6.45) is -4.98. The standard InChI is InChI=1S/C19H20ClF3N2O/c20-16-5-1-3-14(11-16)18(26)13-24-7-9-25(10-8-24)17-6-2-4-15(12-17)19(21,22)23/h1-6,11-12,18,26H,7-10,13H2/t18-/m1/s1. The summed E-state index contributed by atoms with van der Waals surface area (Å²) in [6.45, 7) is 3.05. The molecule has 1 N–H and O–H groups in total. The monoisotopic (exact) mass is 384 g/mol. The Balaban J connectivity index is 1.58. The van der Waals surface area contributed by atoms with Crippen LogP contribution in [0.2, 0.25) is 5.02 Å². The zero-order valence-electron chi connectivity index (χ0n) is 14.1.